The lowest BCUT2D eigenvalue weighted by Gasteiger charge is -2.45. The number of piperazine rings is 1. The van der Waals surface area contributed by atoms with Crippen molar-refractivity contribution in [3.8, 4) is 0 Å². The number of hydrogen-bond acceptors (Lipinski definition) is 3. The molecule has 2 aliphatic heterocycles. The molecule has 2 aliphatic rings. The third-order valence-electron chi connectivity index (χ3n) is 5.69. The Balaban J connectivity index is 1.57. The number of thiocarbonyl (C=S) groups is 1. The molecule has 1 atom stereocenters. The van der Waals surface area contributed by atoms with Crippen LogP contribution in [0, 0.1) is 13.8 Å². The minimum atomic E-state index is -0.00660. The average molecular weight is 389 g/mol. The lowest BCUT2D eigenvalue weighted by atomic mass is 9.93. The molecule has 1 aromatic rings. The second-order valence-corrected chi connectivity index (χ2v) is 9.04. The molecule has 0 saturated carbocycles. The van der Waals surface area contributed by atoms with Gasteiger partial charge in [-0.15, -0.1) is 0 Å². The molecule has 148 valence electrons. The highest BCUT2D eigenvalue weighted by Gasteiger charge is 2.35. The predicted molar refractivity (Wildman–Crippen MR) is 115 cm³/mol. The monoisotopic (exact) mass is 388 g/mol. The first-order chi connectivity index (χ1) is 12.7. The lowest BCUT2D eigenvalue weighted by Crippen LogP contribution is -2.62. The van der Waals surface area contributed by atoms with Crippen molar-refractivity contribution in [1.82, 2.24) is 15.1 Å². The van der Waals surface area contributed by atoms with Gasteiger partial charge in [-0.1, -0.05) is 12.1 Å². The first kappa shape index (κ1) is 19.9. The summed E-state index contributed by atoms with van der Waals surface area (Å²) in [5.74, 6) is 0.173. The summed E-state index contributed by atoms with van der Waals surface area (Å²) in [7, 11) is 0. The molecule has 2 fully saturated rings. The Morgan fingerprint density at radius 3 is 2.52 bits per heavy atom. The van der Waals surface area contributed by atoms with Crippen molar-refractivity contribution in [2.45, 2.75) is 52.6 Å². The first-order valence-electron chi connectivity index (χ1n) is 9.85. The molecular weight excluding hydrogens is 356 g/mol. The molecule has 1 amide bonds. The number of carbonyl (C=O) groups is 1. The first-order valence-corrected chi connectivity index (χ1v) is 10.3. The SMILES string of the molecule is Cc1ccc(C)c(N2CCN(C(=O)CN3C(=S)NC(C)(C)C[C@H]3C)CC2)c1. The molecule has 2 heterocycles. The Morgan fingerprint density at radius 1 is 1.22 bits per heavy atom. The van der Waals surface area contributed by atoms with Gasteiger partial charge >= 0.3 is 0 Å². The second kappa shape index (κ2) is 7.66. The summed E-state index contributed by atoms with van der Waals surface area (Å²) in [5, 5.41) is 4.06. The van der Waals surface area contributed by atoms with Crippen molar-refractivity contribution >= 4 is 28.9 Å². The van der Waals surface area contributed by atoms with Crippen molar-refractivity contribution in [3.63, 3.8) is 0 Å². The molecule has 0 aliphatic carbocycles. The van der Waals surface area contributed by atoms with Gasteiger partial charge in [-0.2, -0.15) is 0 Å². The zero-order chi connectivity index (χ0) is 19.8. The molecule has 0 unspecified atom stereocenters. The van der Waals surface area contributed by atoms with Crippen LogP contribution in [0.4, 0.5) is 5.69 Å². The van der Waals surface area contributed by atoms with Crippen molar-refractivity contribution in [1.29, 1.82) is 0 Å². The van der Waals surface area contributed by atoms with E-state index in [2.05, 4.69) is 63.0 Å². The number of anilines is 1. The average Bonchev–Trinajstić information content (AvgIpc) is 2.59. The van der Waals surface area contributed by atoms with E-state index in [1.807, 2.05) is 9.80 Å². The van der Waals surface area contributed by atoms with Crippen LogP contribution in [0.25, 0.3) is 0 Å². The highest BCUT2D eigenvalue weighted by Crippen LogP contribution is 2.24. The molecule has 2 saturated heterocycles. The summed E-state index contributed by atoms with van der Waals surface area (Å²) in [6, 6.07) is 6.84. The van der Waals surface area contributed by atoms with Crippen LogP contribution in [-0.4, -0.2) is 65.1 Å². The smallest absolute Gasteiger partial charge is 0.242 e. The van der Waals surface area contributed by atoms with Crippen molar-refractivity contribution in [2.75, 3.05) is 37.6 Å². The highest BCUT2D eigenvalue weighted by atomic mass is 32.1. The van der Waals surface area contributed by atoms with E-state index in [1.54, 1.807) is 0 Å². The zero-order valence-electron chi connectivity index (χ0n) is 17.2. The van der Waals surface area contributed by atoms with E-state index in [0.29, 0.717) is 11.7 Å². The molecule has 3 rings (SSSR count). The zero-order valence-corrected chi connectivity index (χ0v) is 18.0. The maximum atomic E-state index is 12.9. The number of benzene rings is 1. The van der Waals surface area contributed by atoms with Gasteiger partial charge in [0, 0.05) is 43.4 Å². The molecule has 0 spiro atoms. The molecule has 5 nitrogen and oxygen atoms in total. The normalized spacial score (nSPS) is 22.6. The van der Waals surface area contributed by atoms with E-state index in [1.165, 1.54) is 16.8 Å². The van der Waals surface area contributed by atoms with Gasteiger partial charge in [0.15, 0.2) is 5.11 Å². The van der Waals surface area contributed by atoms with Crippen LogP contribution in [0.3, 0.4) is 0 Å². The highest BCUT2D eigenvalue weighted by molar-refractivity contribution is 7.80. The van der Waals surface area contributed by atoms with Gasteiger partial charge in [-0.3, -0.25) is 4.79 Å². The van der Waals surface area contributed by atoms with Crippen LogP contribution in [-0.2, 0) is 4.79 Å². The molecule has 1 aromatic carbocycles. The quantitative estimate of drug-likeness (QED) is 0.806. The molecule has 0 bridgehead atoms. The summed E-state index contributed by atoms with van der Waals surface area (Å²) in [4.78, 5) is 19.3. The molecule has 0 aromatic heterocycles. The minimum Gasteiger partial charge on any atom is -0.368 e. The fourth-order valence-electron chi connectivity index (χ4n) is 4.19. The van der Waals surface area contributed by atoms with Crippen molar-refractivity contribution < 1.29 is 4.79 Å². The topological polar surface area (TPSA) is 38.8 Å². The predicted octanol–water partition coefficient (Wildman–Crippen LogP) is 2.70. The fourth-order valence-corrected chi connectivity index (χ4v) is 4.71. The number of carbonyl (C=O) groups excluding carboxylic acids is 1. The molecule has 1 N–H and O–H groups in total. The van der Waals surface area contributed by atoms with E-state index in [-0.39, 0.29) is 17.5 Å². The molecular formula is C21H32N4OS. The Morgan fingerprint density at radius 2 is 1.89 bits per heavy atom. The summed E-state index contributed by atoms with van der Waals surface area (Å²) in [6.07, 6.45) is 0.973. The molecule has 6 heteroatoms. The largest absolute Gasteiger partial charge is 0.368 e. The Kier molecular flexibility index (Phi) is 5.65. The molecule has 27 heavy (non-hydrogen) atoms. The van der Waals surface area contributed by atoms with E-state index in [4.69, 9.17) is 12.2 Å². The van der Waals surface area contributed by atoms with Crippen LogP contribution in [0.15, 0.2) is 18.2 Å². The van der Waals surface area contributed by atoms with Gasteiger partial charge in [-0.25, -0.2) is 0 Å². The van der Waals surface area contributed by atoms with Crippen LogP contribution in [0.2, 0.25) is 0 Å². The standard InChI is InChI=1S/C21H32N4OS/c1-15-6-7-16(2)18(12-15)23-8-10-24(11-9-23)19(26)14-25-17(3)13-21(4,5)22-20(25)27/h6-7,12,17H,8-11,13-14H2,1-5H3,(H,22,27)/t17-/m1/s1. The summed E-state index contributed by atoms with van der Waals surface area (Å²) in [5.41, 5.74) is 3.85. The van der Waals surface area contributed by atoms with E-state index in [9.17, 15) is 4.79 Å². The summed E-state index contributed by atoms with van der Waals surface area (Å²) < 4.78 is 0. The lowest BCUT2D eigenvalue weighted by molar-refractivity contribution is -0.132. The van der Waals surface area contributed by atoms with Gasteiger partial charge in [0.1, 0.15) is 0 Å². The second-order valence-electron chi connectivity index (χ2n) is 8.65. The van der Waals surface area contributed by atoms with Crippen LogP contribution in [0.1, 0.15) is 38.3 Å². The summed E-state index contributed by atoms with van der Waals surface area (Å²) in [6.45, 7) is 14.4. The minimum absolute atomic E-state index is 0.00660. The van der Waals surface area contributed by atoms with Gasteiger partial charge in [-0.05, 0) is 70.5 Å². The maximum Gasteiger partial charge on any atom is 0.242 e. The Hall–Kier alpha value is -1.82. The third kappa shape index (κ3) is 4.54. The Bertz CT molecular complexity index is 725. The van der Waals surface area contributed by atoms with Gasteiger partial charge in [0.05, 0.1) is 6.54 Å². The van der Waals surface area contributed by atoms with Gasteiger partial charge in [0.2, 0.25) is 5.91 Å². The fraction of sp³-hybridized carbons (Fsp3) is 0.619. The number of nitrogens with one attached hydrogen (secondary N) is 1. The summed E-state index contributed by atoms with van der Waals surface area (Å²) >= 11 is 5.52. The van der Waals surface area contributed by atoms with E-state index in [0.717, 1.165) is 32.6 Å². The van der Waals surface area contributed by atoms with Crippen LogP contribution in [0.5, 0.6) is 0 Å². The van der Waals surface area contributed by atoms with Crippen LogP contribution >= 0.6 is 12.2 Å². The van der Waals surface area contributed by atoms with Crippen molar-refractivity contribution in [2.24, 2.45) is 0 Å². The van der Waals surface area contributed by atoms with Gasteiger partial charge in [0.25, 0.3) is 0 Å². The molecule has 0 radical (unpaired) electrons. The Labute approximate surface area is 168 Å². The van der Waals surface area contributed by atoms with E-state index >= 15 is 0 Å². The number of amides is 1. The van der Waals surface area contributed by atoms with Gasteiger partial charge < -0.3 is 20.0 Å². The van der Waals surface area contributed by atoms with Crippen molar-refractivity contribution in [3.05, 3.63) is 29.3 Å². The number of rotatable bonds is 3. The van der Waals surface area contributed by atoms with E-state index < -0.39 is 0 Å². The number of hydrogen-bond donors (Lipinski definition) is 1. The van der Waals surface area contributed by atoms with Crippen LogP contribution < -0.4 is 10.2 Å². The number of aryl methyl sites for hydroxylation is 2. The number of nitrogens with zero attached hydrogens (tertiary/aromatic N) is 3. The third-order valence-corrected chi connectivity index (χ3v) is 6.02. The maximum absolute atomic E-state index is 12.9.